The normalized spacial score (nSPS) is 10.3. The Hall–Kier alpha value is -3.18. The Labute approximate surface area is 161 Å². The molecule has 27 heavy (non-hydrogen) atoms. The van der Waals surface area contributed by atoms with Crippen LogP contribution in [0.5, 0.6) is 0 Å². The molecule has 0 aliphatic rings. The van der Waals surface area contributed by atoms with Gasteiger partial charge in [-0.25, -0.2) is 4.39 Å². The number of para-hydroxylation sites is 1. The molecule has 0 heterocycles. The lowest BCUT2D eigenvalue weighted by molar-refractivity contribution is 0.0989. The first kappa shape index (κ1) is 18.6. The first-order chi connectivity index (χ1) is 13.0. The van der Waals surface area contributed by atoms with Gasteiger partial charge in [0, 0.05) is 29.5 Å². The summed E-state index contributed by atoms with van der Waals surface area (Å²) >= 11 is 5.71. The first-order valence-corrected chi connectivity index (χ1v) is 8.53. The summed E-state index contributed by atoms with van der Waals surface area (Å²) in [6, 6.07) is 19.5. The van der Waals surface area contributed by atoms with Gasteiger partial charge >= 0.3 is 0 Å². The molecule has 0 fully saturated rings. The quantitative estimate of drug-likeness (QED) is 0.689. The number of rotatable bonds is 4. The highest BCUT2D eigenvalue weighted by Gasteiger charge is 2.14. The second-order valence-corrected chi connectivity index (χ2v) is 6.27. The molecule has 0 unspecified atom stereocenters. The van der Waals surface area contributed by atoms with Gasteiger partial charge in [-0.2, -0.15) is 0 Å². The molecule has 0 bridgehead atoms. The molecular formula is C21H16ClFN2O2. The summed E-state index contributed by atoms with van der Waals surface area (Å²) in [6.45, 7) is 0. The van der Waals surface area contributed by atoms with Crippen LogP contribution in [0.25, 0.3) is 0 Å². The second-order valence-electron chi connectivity index (χ2n) is 5.86. The molecule has 0 saturated carbocycles. The molecule has 0 aliphatic heterocycles. The summed E-state index contributed by atoms with van der Waals surface area (Å²) in [4.78, 5) is 26.4. The Morgan fingerprint density at radius 2 is 1.56 bits per heavy atom. The Bertz CT molecular complexity index is 975. The van der Waals surface area contributed by atoms with E-state index in [0.29, 0.717) is 16.8 Å². The number of halogens is 2. The van der Waals surface area contributed by atoms with Gasteiger partial charge in [0.25, 0.3) is 11.8 Å². The van der Waals surface area contributed by atoms with Gasteiger partial charge in [0.15, 0.2) is 0 Å². The molecule has 2 amide bonds. The predicted octanol–water partition coefficient (Wildman–Crippen LogP) is 5.01. The van der Waals surface area contributed by atoms with Crippen molar-refractivity contribution in [3.63, 3.8) is 0 Å². The molecular weight excluding hydrogens is 367 g/mol. The van der Waals surface area contributed by atoms with E-state index in [9.17, 15) is 14.0 Å². The Kier molecular flexibility index (Phi) is 5.52. The molecule has 0 aliphatic carbocycles. The van der Waals surface area contributed by atoms with Crippen molar-refractivity contribution in [1.29, 1.82) is 0 Å². The van der Waals surface area contributed by atoms with Gasteiger partial charge in [-0.15, -0.1) is 0 Å². The molecule has 3 rings (SSSR count). The summed E-state index contributed by atoms with van der Waals surface area (Å²) in [5, 5.41) is 2.57. The third kappa shape index (κ3) is 4.33. The molecule has 0 saturated heterocycles. The van der Waals surface area contributed by atoms with E-state index in [1.165, 1.54) is 23.1 Å². The van der Waals surface area contributed by atoms with E-state index in [0.717, 1.165) is 5.69 Å². The number of nitrogens with zero attached hydrogens (tertiary/aromatic N) is 1. The van der Waals surface area contributed by atoms with Crippen molar-refractivity contribution < 1.29 is 14.0 Å². The van der Waals surface area contributed by atoms with Gasteiger partial charge in [0.2, 0.25) is 0 Å². The van der Waals surface area contributed by atoms with Crippen LogP contribution in [0.3, 0.4) is 0 Å². The van der Waals surface area contributed by atoms with Crippen LogP contribution in [-0.2, 0) is 0 Å². The zero-order valence-corrected chi connectivity index (χ0v) is 15.2. The van der Waals surface area contributed by atoms with Crippen molar-refractivity contribution >= 4 is 34.8 Å². The Morgan fingerprint density at radius 1 is 0.926 bits per heavy atom. The third-order valence-electron chi connectivity index (χ3n) is 4.02. The highest BCUT2D eigenvalue weighted by Crippen LogP contribution is 2.20. The summed E-state index contributed by atoms with van der Waals surface area (Å²) in [5.41, 5.74) is 1.99. The van der Waals surface area contributed by atoms with Crippen LogP contribution in [-0.4, -0.2) is 18.9 Å². The fourth-order valence-electron chi connectivity index (χ4n) is 2.50. The predicted molar refractivity (Wildman–Crippen MR) is 105 cm³/mol. The molecule has 1 N–H and O–H groups in total. The number of nitrogens with one attached hydrogen (secondary N) is 1. The largest absolute Gasteiger partial charge is 0.322 e. The SMILES string of the molecule is CN(C(=O)c1ccc(C(=O)Nc2ccc(F)c(Cl)c2)cc1)c1ccccc1. The molecule has 4 nitrogen and oxygen atoms in total. The molecule has 0 aromatic heterocycles. The summed E-state index contributed by atoms with van der Waals surface area (Å²) in [7, 11) is 1.69. The van der Waals surface area contributed by atoms with Crippen LogP contribution in [0, 0.1) is 5.82 Å². The molecule has 0 atom stereocenters. The number of amides is 2. The van der Waals surface area contributed by atoms with Crippen LogP contribution >= 0.6 is 11.6 Å². The third-order valence-corrected chi connectivity index (χ3v) is 4.31. The van der Waals surface area contributed by atoms with E-state index in [-0.39, 0.29) is 16.8 Å². The number of hydrogen-bond donors (Lipinski definition) is 1. The number of hydrogen-bond acceptors (Lipinski definition) is 2. The van der Waals surface area contributed by atoms with Crippen molar-refractivity contribution in [2.75, 3.05) is 17.3 Å². The van der Waals surface area contributed by atoms with Crippen molar-refractivity contribution in [3.05, 3.63) is 94.8 Å². The van der Waals surface area contributed by atoms with Crippen LogP contribution in [0.4, 0.5) is 15.8 Å². The van der Waals surface area contributed by atoms with Crippen molar-refractivity contribution in [1.82, 2.24) is 0 Å². The van der Waals surface area contributed by atoms with Crippen LogP contribution in [0.2, 0.25) is 5.02 Å². The van der Waals surface area contributed by atoms with Gasteiger partial charge in [0.05, 0.1) is 5.02 Å². The monoisotopic (exact) mass is 382 g/mol. The molecule has 136 valence electrons. The van der Waals surface area contributed by atoms with E-state index >= 15 is 0 Å². The van der Waals surface area contributed by atoms with E-state index in [1.807, 2.05) is 30.3 Å². The van der Waals surface area contributed by atoms with Crippen molar-refractivity contribution in [3.8, 4) is 0 Å². The maximum atomic E-state index is 13.2. The summed E-state index contributed by atoms with van der Waals surface area (Å²) in [6.07, 6.45) is 0. The second kappa shape index (κ2) is 8.01. The molecule has 0 radical (unpaired) electrons. The Morgan fingerprint density at radius 3 is 2.19 bits per heavy atom. The smallest absolute Gasteiger partial charge is 0.258 e. The molecule has 3 aromatic carbocycles. The van der Waals surface area contributed by atoms with Crippen LogP contribution < -0.4 is 10.2 Å². The van der Waals surface area contributed by atoms with E-state index in [1.54, 1.807) is 31.3 Å². The first-order valence-electron chi connectivity index (χ1n) is 8.15. The number of benzene rings is 3. The maximum Gasteiger partial charge on any atom is 0.258 e. The lowest BCUT2D eigenvalue weighted by Crippen LogP contribution is -2.26. The van der Waals surface area contributed by atoms with Gasteiger partial charge < -0.3 is 10.2 Å². The van der Waals surface area contributed by atoms with Gasteiger partial charge in [-0.3, -0.25) is 9.59 Å². The fraction of sp³-hybridized carbons (Fsp3) is 0.0476. The van der Waals surface area contributed by atoms with Gasteiger partial charge in [-0.1, -0.05) is 29.8 Å². The number of carbonyl (C=O) groups is 2. The lowest BCUT2D eigenvalue weighted by atomic mass is 10.1. The number of anilines is 2. The van der Waals surface area contributed by atoms with Crippen LogP contribution in [0.1, 0.15) is 20.7 Å². The van der Waals surface area contributed by atoms with Crippen molar-refractivity contribution in [2.24, 2.45) is 0 Å². The van der Waals surface area contributed by atoms with E-state index < -0.39 is 5.82 Å². The highest BCUT2D eigenvalue weighted by molar-refractivity contribution is 6.31. The standard InChI is InChI=1S/C21H16ClFN2O2/c1-25(17-5-3-2-4-6-17)21(27)15-9-7-14(8-10-15)20(26)24-16-11-12-19(23)18(22)13-16/h2-13H,1H3,(H,24,26). The zero-order chi connectivity index (χ0) is 19.4. The summed E-state index contributed by atoms with van der Waals surface area (Å²) < 4.78 is 13.2. The minimum absolute atomic E-state index is 0.0716. The van der Waals surface area contributed by atoms with Crippen molar-refractivity contribution in [2.45, 2.75) is 0 Å². The Balaban J connectivity index is 1.71. The topological polar surface area (TPSA) is 49.4 Å². The average molecular weight is 383 g/mol. The van der Waals surface area contributed by atoms with E-state index in [2.05, 4.69) is 5.32 Å². The lowest BCUT2D eigenvalue weighted by Gasteiger charge is -2.17. The summed E-state index contributed by atoms with van der Waals surface area (Å²) in [5.74, 6) is -1.12. The minimum Gasteiger partial charge on any atom is -0.322 e. The van der Waals surface area contributed by atoms with Crippen LogP contribution in [0.15, 0.2) is 72.8 Å². The number of carbonyl (C=O) groups excluding carboxylic acids is 2. The maximum absolute atomic E-state index is 13.2. The van der Waals surface area contributed by atoms with Gasteiger partial charge in [0.1, 0.15) is 5.82 Å². The molecule has 0 spiro atoms. The van der Waals surface area contributed by atoms with E-state index in [4.69, 9.17) is 11.6 Å². The van der Waals surface area contributed by atoms with Gasteiger partial charge in [-0.05, 0) is 54.6 Å². The molecule has 3 aromatic rings. The average Bonchev–Trinajstić information content (AvgIpc) is 2.70. The minimum atomic E-state index is -0.555. The highest BCUT2D eigenvalue weighted by atomic mass is 35.5. The molecule has 6 heteroatoms. The zero-order valence-electron chi connectivity index (χ0n) is 14.4. The fourth-order valence-corrected chi connectivity index (χ4v) is 2.68.